The van der Waals surface area contributed by atoms with E-state index >= 15 is 0 Å². The summed E-state index contributed by atoms with van der Waals surface area (Å²) in [5.74, 6) is -1.22. The first-order valence-corrected chi connectivity index (χ1v) is 11.0. The van der Waals surface area contributed by atoms with Gasteiger partial charge in [0.2, 0.25) is 0 Å². The van der Waals surface area contributed by atoms with Gasteiger partial charge in [-0.1, -0.05) is 42.5 Å². The maximum absolute atomic E-state index is 13.2. The average Bonchev–Trinajstić information content (AvgIpc) is 2.80. The third-order valence-electron chi connectivity index (χ3n) is 6.61. The van der Waals surface area contributed by atoms with Crippen LogP contribution in [0.4, 0.5) is 0 Å². The molecule has 1 heterocycles. The van der Waals surface area contributed by atoms with Crippen LogP contribution >= 0.6 is 0 Å². The fraction of sp³-hybridized carbons (Fsp3) is 0.423. The molecule has 7 nitrogen and oxygen atoms in total. The number of carbonyl (C=O) groups excluding carboxylic acids is 3. The van der Waals surface area contributed by atoms with Crippen molar-refractivity contribution >= 4 is 17.8 Å². The van der Waals surface area contributed by atoms with Crippen molar-refractivity contribution in [2.45, 2.75) is 57.3 Å². The minimum atomic E-state index is -1.66. The Morgan fingerprint density at radius 2 is 1.64 bits per heavy atom. The van der Waals surface area contributed by atoms with Crippen molar-refractivity contribution in [3.63, 3.8) is 0 Å². The molecule has 1 unspecified atom stereocenters. The molecule has 1 aliphatic rings. The highest BCUT2D eigenvalue weighted by Gasteiger charge is 2.67. The summed E-state index contributed by atoms with van der Waals surface area (Å²) in [4.78, 5) is 41.4. The molecule has 7 heteroatoms. The highest BCUT2D eigenvalue weighted by molar-refractivity contribution is 5.98. The SMILES string of the molecule is COC(=O)[C@H](Cc1ccccc1)N(C)C(=O)c1ccc(C2(O)C(=O)N(C(C)C)C2(C)C)cc1. The van der Waals surface area contributed by atoms with E-state index in [1.807, 2.05) is 58.0 Å². The maximum Gasteiger partial charge on any atom is 0.328 e. The number of benzene rings is 2. The second-order valence-corrected chi connectivity index (χ2v) is 9.26. The van der Waals surface area contributed by atoms with Crippen LogP contribution in [0.5, 0.6) is 0 Å². The van der Waals surface area contributed by atoms with E-state index < -0.39 is 23.2 Å². The van der Waals surface area contributed by atoms with Crippen LogP contribution in [0.25, 0.3) is 0 Å². The Kier molecular flexibility index (Phi) is 6.65. The quantitative estimate of drug-likeness (QED) is 0.516. The summed E-state index contributed by atoms with van der Waals surface area (Å²) in [5.41, 5.74) is -0.760. The molecular weight excluding hydrogens is 420 g/mol. The summed E-state index contributed by atoms with van der Waals surface area (Å²) >= 11 is 0. The third kappa shape index (κ3) is 4.02. The van der Waals surface area contributed by atoms with Crippen LogP contribution in [0, 0.1) is 0 Å². The Hall–Kier alpha value is -3.19. The molecule has 0 bridgehead atoms. The second-order valence-electron chi connectivity index (χ2n) is 9.26. The van der Waals surface area contributed by atoms with E-state index in [4.69, 9.17) is 4.74 Å². The normalized spacial score (nSPS) is 20.2. The lowest BCUT2D eigenvalue weighted by Crippen LogP contribution is -2.79. The predicted molar refractivity (Wildman–Crippen MR) is 124 cm³/mol. The van der Waals surface area contributed by atoms with Crippen LogP contribution in [-0.2, 0) is 26.3 Å². The van der Waals surface area contributed by atoms with E-state index in [2.05, 4.69) is 0 Å². The molecule has 1 fully saturated rings. The summed E-state index contributed by atoms with van der Waals surface area (Å²) in [6.45, 7) is 7.46. The van der Waals surface area contributed by atoms with Gasteiger partial charge in [-0.2, -0.15) is 0 Å². The van der Waals surface area contributed by atoms with Crippen molar-refractivity contribution in [1.82, 2.24) is 9.80 Å². The first-order chi connectivity index (χ1) is 15.5. The fourth-order valence-electron chi connectivity index (χ4n) is 4.72. The number of aliphatic hydroxyl groups is 1. The third-order valence-corrected chi connectivity index (χ3v) is 6.61. The minimum absolute atomic E-state index is 0.0397. The van der Waals surface area contributed by atoms with E-state index in [-0.39, 0.29) is 17.9 Å². The number of esters is 1. The summed E-state index contributed by atoms with van der Waals surface area (Å²) in [7, 11) is 2.86. The van der Waals surface area contributed by atoms with Gasteiger partial charge in [0.25, 0.3) is 11.8 Å². The number of β-lactam (4-membered cyclic amide) rings is 1. The monoisotopic (exact) mass is 452 g/mol. The van der Waals surface area contributed by atoms with Gasteiger partial charge < -0.3 is 19.6 Å². The molecule has 2 aromatic carbocycles. The molecule has 0 aliphatic carbocycles. The molecule has 0 saturated carbocycles. The van der Waals surface area contributed by atoms with Gasteiger partial charge in [0.15, 0.2) is 5.60 Å². The van der Waals surface area contributed by atoms with Crippen molar-refractivity contribution < 1.29 is 24.2 Å². The lowest BCUT2D eigenvalue weighted by molar-refractivity contribution is -0.221. The molecule has 1 N–H and O–H groups in total. The number of methoxy groups -OCH3 is 1. The number of rotatable bonds is 7. The van der Waals surface area contributed by atoms with E-state index in [0.717, 1.165) is 5.56 Å². The predicted octanol–water partition coefficient (Wildman–Crippen LogP) is 2.76. The van der Waals surface area contributed by atoms with Crippen molar-refractivity contribution in [3.8, 4) is 0 Å². The van der Waals surface area contributed by atoms with Crippen molar-refractivity contribution in [1.29, 1.82) is 0 Å². The highest BCUT2D eigenvalue weighted by atomic mass is 16.5. The van der Waals surface area contributed by atoms with Gasteiger partial charge in [-0.05, 0) is 51.0 Å². The Labute approximate surface area is 195 Å². The number of ether oxygens (including phenoxy) is 1. The largest absolute Gasteiger partial charge is 0.467 e. The Morgan fingerprint density at radius 3 is 2.12 bits per heavy atom. The van der Waals surface area contributed by atoms with Gasteiger partial charge in [0.05, 0.1) is 12.6 Å². The van der Waals surface area contributed by atoms with Crippen molar-refractivity contribution in [3.05, 3.63) is 71.3 Å². The Morgan fingerprint density at radius 1 is 1.06 bits per heavy atom. The molecule has 1 aliphatic heterocycles. The van der Waals surface area contributed by atoms with Crippen LogP contribution in [-0.4, -0.2) is 64.5 Å². The molecule has 0 aromatic heterocycles. The molecule has 3 rings (SSSR count). The average molecular weight is 453 g/mol. The first-order valence-electron chi connectivity index (χ1n) is 11.0. The lowest BCUT2D eigenvalue weighted by Gasteiger charge is -2.61. The summed E-state index contributed by atoms with van der Waals surface area (Å²) in [5, 5.41) is 11.2. The van der Waals surface area contributed by atoms with Crippen molar-refractivity contribution in [2.24, 2.45) is 0 Å². The number of likely N-dealkylation sites (N-methyl/N-ethyl adjacent to an activating group) is 1. The molecule has 176 valence electrons. The van der Waals surface area contributed by atoms with Gasteiger partial charge in [0, 0.05) is 25.1 Å². The van der Waals surface area contributed by atoms with Crippen molar-refractivity contribution in [2.75, 3.05) is 14.2 Å². The lowest BCUT2D eigenvalue weighted by atomic mass is 9.66. The van der Waals surface area contributed by atoms with Crippen LogP contribution in [0.1, 0.15) is 49.2 Å². The zero-order valence-electron chi connectivity index (χ0n) is 20.0. The van der Waals surface area contributed by atoms with Crippen LogP contribution in [0.15, 0.2) is 54.6 Å². The zero-order valence-corrected chi connectivity index (χ0v) is 20.0. The van der Waals surface area contributed by atoms with Gasteiger partial charge in [-0.15, -0.1) is 0 Å². The van der Waals surface area contributed by atoms with E-state index in [0.29, 0.717) is 17.5 Å². The molecule has 0 spiro atoms. The van der Waals surface area contributed by atoms with Crippen LogP contribution in [0.3, 0.4) is 0 Å². The smallest absolute Gasteiger partial charge is 0.328 e. The molecule has 2 atom stereocenters. The van der Waals surface area contributed by atoms with E-state index in [1.165, 1.54) is 12.0 Å². The molecule has 2 amide bonds. The number of amides is 2. The van der Waals surface area contributed by atoms with E-state index in [9.17, 15) is 19.5 Å². The number of hydrogen-bond acceptors (Lipinski definition) is 5. The number of hydrogen-bond donors (Lipinski definition) is 1. The van der Waals surface area contributed by atoms with Gasteiger partial charge in [0.1, 0.15) is 6.04 Å². The number of likely N-dealkylation sites (tertiary alicyclic amines) is 1. The second kappa shape index (κ2) is 8.98. The molecule has 2 aromatic rings. The van der Waals surface area contributed by atoms with Gasteiger partial charge >= 0.3 is 5.97 Å². The maximum atomic E-state index is 13.2. The number of carbonyl (C=O) groups is 3. The fourth-order valence-corrected chi connectivity index (χ4v) is 4.72. The first kappa shape index (κ1) is 24.5. The molecule has 1 saturated heterocycles. The highest BCUT2D eigenvalue weighted by Crippen LogP contribution is 2.49. The van der Waals surface area contributed by atoms with Crippen LogP contribution < -0.4 is 0 Å². The molecule has 33 heavy (non-hydrogen) atoms. The topological polar surface area (TPSA) is 87.1 Å². The van der Waals surface area contributed by atoms with E-state index in [1.54, 1.807) is 36.2 Å². The summed E-state index contributed by atoms with van der Waals surface area (Å²) < 4.78 is 4.93. The summed E-state index contributed by atoms with van der Waals surface area (Å²) in [6, 6.07) is 14.9. The molecular formula is C26H32N2O5. The van der Waals surface area contributed by atoms with Gasteiger partial charge in [-0.3, -0.25) is 9.59 Å². The summed E-state index contributed by atoms with van der Waals surface area (Å²) in [6.07, 6.45) is 0.321. The Bertz CT molecular complexity index is 1030. The number of nitrogens with zero attached hydrogens (tertiary/aromatic N) is 2. The Balaban J connectivity index is 1.83. The molecule has 0 radical (unpaired) electrons. The standard InChI is InChI=1S/C26H32N2O5/c1-17(2)28-24(31)26(32,25(28,3)4)20-14-12-19(13-15-20)22(29)27(5)21(23(30)33-6)16-18-10-8-7-9-11-18/h7-15,17,21,32H,16H2,1-6H3/t21-,26?/m0/s1. The minimum Gasteiger partial charge on any atom is -0.467 e. The van der Waals surface area contributed by atoms with Crippen LogP contribution in [0.2, 0.25) is 0 Å². The van der Waals surface area contributed by atoms with Gasteiger partial charge in [-0.25, -0.2) is 4.79 Å². The zero-order chi connectivity index (χ0) is 24.6.